The summed E-state index contributed by atoms with van der Waals surface area (Å²) in [6, 6.07) is 18.3. The number of ether oxygens (including phenoxy) is 1. The maximum absolute atomic E-state index is 6.22. The van der Waals surface area contributed by atoms with Crippen molar-refractivity contribution in [1.82, 2.24) is 0 Å². The van der Waals surface area contributed by atoms with Crippen molar-refractivity contribution < 1.29 is 4.74 Å². The molecule has 2 nitrogen and oxygen atoms in total. The van der Waals surface area contributed by atoms with Crippen molar-refractivity contribution >= 4 is 0 Å². The second-order valence-corrected chi connectivity index (χ2v) is 5.17. The van der Waals surface area contributed by atoms with Crippen molar-refractivity contribution in [2.45, 2.75) is 31.9 Å². The van der Waals surface area contributed by atoms with Gasteiger partial charge in [0.05, 0.1) is 0 Å². The Bertz CT molecular complexity index is 551. The molecule has 2 rings (SSSR count). The van der Waals surface area contributed by atoms with E-state index in [4.69, 9.17) is 10.5 Å². The lowest BCUT2D eigenvalue weighted by atomic mass is 10.0. The van der Waals surface area contributed by atoms with E-state index in [0.29, 0.717) is 6.61 Å². The van der Waals surface area contributed by atoms with Crippen LogP contribution in [0, 0.1) is 0 Å². The van der Waals surface area contributed by atoms with E-state index < -0.39 is 0 Å². The van der Waals surface area contributed by atoms with Crippen molar-refractivity contribution in [2.75, 3.05) is 0 Å². The molecule has 1 atom stereocenters. The molecule has 0 saturated carbocycles. The molecule has 2 aromatic rings. The minimum Gasteiger partial charge on any atom is -0.489 e. The van der Waals surface area contributed by atoms with Crippen molar-refractivity contribution in [3.8, 4) is 5.75 Å². The lowest BCUT2D eigenvalue weighted by Gasteiger charge is -2.13. The van der Waals surface area contributed by atoms with Crippen LogP contribution in [0.15, 0.2) is 67.3 Å². The Morgan fingerprint density at radius 2 is 1.90 bits per heavy atom. The minimum absolute atomic E-state index is 0.0604. The van der Waals surface area contributed by atoms with Crippen LogP contribution in [0.1, 0.15) is 36.4 Å². The van der Waals surface area contributed by atoms with Gasteiger partial charge in [0.2, 0.25) is 0 Å². The topological polar surface area (TPSA) is 35.2 Å². The van der Waals surface area contributed by atoms with Crippen molar-refractivity contribution in [3.63, 3.8) is 0 Å². The highest BCUT2D eigenvalue weighted by Gasteiger charge is 2.06. The SMILES string of the molecule is C=CCCCC(N)c1cccc(OCc2ccccc2)c1. The van der Waals surface area contributed by atoms with E-state index in [-0.39, 0.29) is 6.04 Å². The second-order valence-electron chi connectivity index (χ2n) is 5.17. The lowest BCUT2D eigenvalue weighted by molar-refractivity contribution is 0.305. The summed E-state index contributed by atoms with van der Waals surface area (Å²) >= 11 is 0. The third-order valence-electron chi connectivity index (χ3n) is 3.46. The summed E-state index contributed by atoms with van der Waals surface area (Å²) in [6.07, 6.45) is 4.98. The van der Waals surface area contributed by atoms with Crippen LogP contribution in [0.2, 0.25) is 0 Å². The minimum atomic E-state index is 0.0604. The van der Waals surface area contributed by atoms with Crippen molar-refractivity contribution in [2.24, 2.45) is 5.73 Å². The van der Waals surface area contributed by atoms with E-state index in [1.807, 2.05) is 42.5 Å². The molecular weight excluding hydrogens is 258 g/mol. The monoisotopic (exact) mass is 281 g/mol. The highest BCUT2D eigenvalue weighted by atomic mass is 16.5. The number of allylic oxidation sites excluding steroid dienone is 1. The molecular formula is C19H23NO. The van der Waals surface area contributed by atoms with E-state index in [9.17, 15) is 0 Å². The van der Waals surface area contributed by atoms with E-state index in [2.05, 4.69) is 24.8 Å². The first-order valence-corrected chi connectivity index (χ1v) is 7.43. The number of nitrogens with two attached hydrogens (primary N) is 1. The molecule has 0 heterocycles. The second kappa shape index (κ2) is 8.28. The standard InChI is InChI=1S/C19H23NO/c1-2-3-5-13-19(20)17-11-8-12-18(14-17)21-15-16-9-6-4-7-10-16/h2,4,6-12,14,19H,1,3,5,13,15,20H2. The van der Waals surface area contributed by atoms with Gasteiger partial charge in [-0.15, -0.1) is 6.58 Å². The first-order chi connectivity index (χ1) is 10.3. The molecule has 0 aliphatic carbocycles. The molecule has 2 N–H and O–H groups in total. The smallest absolute Gasteiger partial charge is 0.120 e. The van der Waals surface area contributed by atoms with Crippen LogP contribution in [-0.4, -0.2) is 0 Å². The quantitative estimate of drug-likeness (QED) is 0.566. The normalized spacial score (nSPS) is 11.9. The van der Waals surface area contributed by atoms with Gasteiger partial charge >= 0.3 is 0 Å². The highest BCUT2D eigenvalue weighted by Crippen LogP contribution is 2.22. The van der Waals surface area contributed by atoms with Crippen LogP contribution < -0.4 is 10.5 Å². The molecule has 110 valence electrons. The predicted molar refractivity (Wildman–Crippen MR) is 88.2 cm³/mol. The molecule has 0 radical (unpaired) electrons. The Balaban J connectivity index is 1.92. The first-order valence-electron chi connectivity index (χ1n) is 7.43. The van der Waals surface area contributed by atoms with Gasteiger partial charge in [-0.05, 0) is 42.5 Å². The third-order valence-corrected chi connectivity index (χ3v) is 3.46. The number of hydrogen-bond acceptors (Lipinski definition) is 2. The van der Waals surface area contributed by atoms with Gasteiger partial charge in [-0.25, -0.2) is 0 Å². The lowest BCUT2D eigenvalue weighted by Crippen LogP contribution is -2.10. The van der Waals surface area contributed by atoms with Gasteiger partial charge < -0.3 is 10.5 Å². The maximum atomic E-state index is 6.22. The van der Waals surface area contributed by atoms with E-state index in [1.165, 1.54) is 0 Å². The fraction of sp³-hybridized carbons (Fsp3) is 0.263. The molecule has 0 spiro atoms. The van der Waals surface area contributed by atoms with Crippen LogP contribution in [-0.2, 0) is 6.61 Å². The Hall–Kier alpha value is -2.06. The van der Waals surface area contributed by atoms with Gasteiger partial charge in [-0.1, -0.05) is 48.5 Å². The zero-order chi connectivity index (χ0) is 14.9. The fourth-order valence-electron chi connectivity index (χ4n) is 2.22. The van der Waals surface area contributed by atoms with Crippen molar-refractivity contribution in [3.05, 3.63) is 78.4 Å². The Morgan fingerprint density at radius 1 is 1.10 bits per heavy atom. The number of unbranched alkanes of at least 4 members (excludes halogenated alkanes) is 1. The molecule has 0 fully saturated rings. The largest absolute Gasteiger partial charge is 0.489 e. The van der Waals surface area contributed by atoms with Gasteiger partial charge in [0, 0.05) is 6.04 Å². The highest BCUT2D eigenvalue weighted by molar-refractivity contribution is 5.30. The average molecular weight is 281 g/mol. The van der Waals surface area contributed by atoms with Crippen LogP contribution in [0.5, 0.6) is 5.75 Å². The first kappa shape index (κ1) is 15.3. The third kappa shape index (κ3) is 5.09. The number of hydrogen-bond donors (Lipinski definition) is 1. The molecule has 21 heavy (non-hydrogen) atoms. The van der Waals surface area contributed by atoms with Gasteiger partial charge in [0.1, 0.15) is 12.4 Å². The summed E-state index contributed by atoms with van der Waals surface area (Å²) < 4.78 is 5.84. The summed E-state index contributed by atoms with van der Waals surface area (Å²) in [5.41, 5.74) is 8.52. The Morgan fingerprint density at radius 3 is 2.67 bits per heavy atom. The summed E-state index contributed by atoms with van der Waals surface area (Å²) in [5, 5.41) is 0. The summed E-state index contributed by atoms with van der Waals surface area (Å²) in [5.74, 6) is 0.871. The average Bonchev–Trinajstić information content (AvgIpc) is 2.54. The zero-order valence-corrected chi connectivity index (χ0v) is 12.4. The fourth-order valence-corrected chi connectivity index (χ4v) is 2.22. The van der Waals surface area contributed by atoms with E-state index in [0.717, 1.165) is 36.1 Å². The number of benzene rings is 2. The molecule has 2 heteroatoms. The van der Waals surface area contributed by atoms with Crippen LogP contribution in [0.25, 0.3) is 0 Å². The summed E-state index contributed by atoms with van der Waals surface area (Å²) in [7, 11) is 0. The van der Waals surface area contributed by atoms with E-state index >= 15 is 0 Å². The molecule has 0 aliphatic rings. The zero-order valence-electron chi connectivity index (χ0n) is 12.4. The van der Waals surface area contributed by atoms with Crippen LogP contribution >= 0.6 is 0 Å². The van der Waals surface area contributed by atoms with E-state index in [1.54, 1.807) is 0 Å². The molecule has 0 aromatic heterocycles. The Kier molecular flexibility index (Phi) is 6.04. The number of rotatable bonds is 8. The summed E-state index contributed by atoms with van der Waals surface area (Å²) in [4.78, 5) is 0. The molecule has 0 amide bonds. The van der Waals surface area contributed by atoms with Crippen molar-refractivity contribution in [1.29, 1.82) is 0 Å². The van der Waals surface area contributed by atoms with Gasteiger partial charge in [-0.3, -0.25) is 0 Å². The van der Waals surface area contributed by atoms with Gasteiger partial charge in [-0.2, -0.15) is 0 Å². The molecule has 2 aromatic carbocycles. The summed E-state index contributed by atoms with van der Waals surface area (Å²) in [6.45, 7) is 4.32. The Labute approximate surface area is 127 Å². The van der Waals surface area contributed by atoms with Crippen LogP contribution in [0.3, 0.4) is 0 Å². The maximum Gasteiger partial charge on any atom is 0.120 e. The van der Waals surface area contributed by atoms with Gasteiger partial charge in [0.15, 0.2) is 0 Å². The molecule has 0 saturated heterocycles. The molecule has 0 bridgehead atoms. The molecule has 0 aliphatic heterocycles. The predicted octanol–water partition coefficient (Wildman–Crippen LogP) is 4.62. The molecule has 1 unspecified atom stereocenters. The van der Waals surface area contributed by atoms with Gasteiger partial charge in [0.25, 0.3) is 0 Å². The van der Waals surface area contributed by atoms with Crippen LogP contribution in [0.4, 0.5) is 0 Å².